The molecule has 0 aliphatic heterocycles. The number of benzene rings is 1. The molecule has 1 aromatic carbocycles. The van der Waals surface area contributed by atoms with Gasteiger partial charge in [0.1, 0.15) is 0 Å². The van der Waals surface area contributed by atoms with Gasteiger partial charge in [-0.15, -0.1) is 0 Å². The maximum Gasteiger partial charge on any atom is 0.270 e. The molecule has 0 saturated heterocycles. The van der Waals surface area contributed by atoms with Crippen molar-refractivity contribution < 1.29 is 9.18 Å². The predicted octanol–water partition coefficient (Wildman–Crippen LogP) is 3.28. The first-order chi connectivity index (χ1) is 8.66. The maximum absolute atomic E-state index is 12.8. The highest BCUT2D eigenvalue weighted by molar-refractivity contribution is 6.29. The van der Waals surface area contributed by atoms with Crippen LogP contribution in [0.25, 0.3) is 0 Å². The van der Waals surface area contributed by atoms with Gasteiger partial charge in [0.15, 0.2) is 0 Å². The number of hydrogen-bond acceptors (Lipinski definition) is 1. The van der Waals surface area contributed by atoms with Gasteiger partial charge in [-0.3, -0.25) is 4.79 Å². The summed E-state index contributed by atoms with van der Waals surface area (Å²) < 4.78 is 12.8. The summed E-state index contributed by atoms with van der Waals surface area (Å²) in [6.45, 7) is 0. The minimum Gasteiger partial charge on any atom is -0.345 e. The predicted molar refractivity (Wildman–Crippen MR) is 68.2 cm³/mol. The molecule has 3 rings (SSSR count). The quantitative estimate of drug-likeness (QED) is 0.819. The Labute approximate surface area is 111 Å². The number of rotatable bonds is 2. The molecule has 0 heterocycles. The summed E-state index contributed by atoms with van der Waals surface area (Å²) in [5.74, 6) is 0.308. The number of nitrogens with one attached hydrogen (secondary N) is 1. The van der Waals surface area contributed by atoms with E-state index in [9.17, 15) is 9.18 Å². The topological polar surface area (TPSA) is 29.1 Å². The fraction of sp³-hybridized carbons (Fsp3) is 0.500. The molecule has 0 spiro atoms. The van der Waals surface area contributed by atoms with Gasteiger partial charge in [0, 0.05) is 0 Å². The van der Waals surface area contributed by atoms with E-state index < -0.39 is 11.5 Å². The lowest BCUT2D eigenvalue weighted by Gasteiger charge is -2.32. The average molecular weight is 268 g/mol. The summed E-state index contributed by atoms with van der Waals surface area (Å²) >= 11 is 5.20. The Balaban J connectivity index is 1.93. The minimum absolute atomic E-state index is 0.0792. The van der Waals surface area contributed by atoms with Gasteiger partial charge in [-0.25, -0.2) is 4.39 Å². The van der Waals surface area contributed by atoms with E-state index in [-0.39, 0.29) is 6.04 Å². The lowest BCUT2D eigenvalue weighted by molar-refractivity contribution is -0.124. The number of hydrogen-bond donors (Lipinski definition) is 1. The van der Waals surface area contributed by atoms with Gasteiger partial charge in [-0.2, -0.15) is 0 Å². The van der Waals surface area contributed by atoms with E-state index in [1.165, 1.54) is 5.56 Å². The van der Waals surface area contributed by atoms with E-state index in [2.05, 4.69) is 11.4 Å². The second-order valence-corrected chi connectivity index (χ2v) is 5.57. The minimum atomic E-state index is -1.96. The van der Waals surface area contributed by atoms with Crippen molar-refractivity contribution in [1.29, 1.82) is 0 Å². The normalized spacial score (nSPS) is 30.7. The van der Waals surface area contributed by atoms with Crippen molar-refractivity contribution in [3.05, 3.63) is 35.4 Å². The van der Waals surface area contributed by atoms with E-state index >= 15 is 0 Å². The molecule has 2 aliphatic carbocycles. The number of amides is 1. The molecule has 0 aromatic heterocycles. The molecule has 2 nitrogen and oxygen atoms in total. The van der Waals surface area contributed by atoms with Crippen LogP contribution in [-0.2, 0) is 4.79 Å². The average Bonchev–Trinajstić information content (AvgIpc) is 2.80. The van der Waals surface area contributed by atoms with Crippen LogP contribution in [0.1, 0.15) is 42.3 Å². The Hall–Kier alpha value is -1.09. The summed E-state index contributed by atoms with van der Waals surface area (Å²) in [6.07, 6.45) is 3.33. The zero-order valence-electron chi connectivity index (χ0n) is 9.90. The van der Waals surface area contributed by atoms with Gasteiger partial charge in [0.2, 0.25) is 0 Å². The van der Waals surface area contributed by atoms with Crippen molar-refractivity contribution in [3.8, 4) is 0 Å². The van der Waals surface area contributed by atoms with Crippen molar-refractivity contribution in [3.63, 3.8) is 0 Å². The molecule has 2 bridgehead atoms. The van der Waals surface area contributed by atoms with Gasteiger partial charge in [-0.1, -0.05) is 35.9 Å². The first kappa shape index (κ1) is 12.0. The smallest absolute Gasteiger partial charge is 0.270 e. The monoisotopic (exact) mass is 267 g/mol. The Morgan fingerprint density at radius 2 is 2.06 bits per heavy atom. The van der Waals surface area contributed by atoms with Gasteiger partial charge in [0.05, 0.1) is 6.04 Å². The molecule has 4 atom stereocenters. The maximum atomic E-state index is 12.8. The van der Waals surface area contributed by atoms with Gasteiger partial charge in [-0.05, 0) is 42.2 Å². The molecule has 1 amide bonds. The molecule has 1 aromatic rings. The summed E-state index contributed by atoms with van der Waals surface area (Å²) in [7, 11) is 0. The Morgan fingerprint density at radius 3 is 2.78 bits per heavy atom. The molecular formula is C14H15ClFNO. The number of fused-ring (bicyclic) bond motifs is 4. The van der Waals surface area contributed by atoms with Crippen LogP contribution in [0.5, 0.6) is 0 Å². The number of carbonyl (C=O) groups excluding carboxylic acids is 1. The molecule has 96 valence electrons. The van der Waals surface area contributed by atoms with Crippen LogP contribution in [-0.4, -0.2) is 11.5 Å². The van der Waals surface area contributed by atoms with E-state index in [1.807, 2.05) is 18.2 Å². The highest BCUT2D eigenvalue weighted by atomic mass is 35.5. The van der Waals surface area contributed by atoms with E-state index in [1.54, 1.807) is 0 Å². The van der Waals surface area contributed by atoms with Crippen molar-refractivity contribution in [2.24, 2.45) is 5.92 Å². The van der Waals surface area contributed by atoms with Crippen LogP contribution >= 0.6 is 11.6 Å². The molecule has 0 radical (unpaired) electrons. The van der Waals surface area contributed by atoms with Gasteiger partial charge < -0.3 is 5.32 Å². The van der Waals surface area contributed by atoms with Crippen molar-refractivity contribution >= 4 is 17.5 Å². The summed E-state index contributed by atoms with van der Waals surface area (Å²) in [5.41, 5.74) is 0.486. The first-order valence-corrected chi connectivity index (χ1v) is 6.78. The summed E-state index contributed by atoms with van der Waals surface area (Å²) in [4.78, 5) is 11.5. The Morgan fingerprint density at radius 1 is 1.33 bits per heavy atom. The van der Waals surface area contributed by atoms with Crippen molar-refractivity contribution in [1.82, 2.24) is 5.32 Å². The van der Waals surface area contributed by atoms with Crippen molar-refractivity contribution in [2.45, 2.75) is 36.9 Å². The molecule has 1 fully saturated rings. The molecular weight excluding hydrogens is 253 g/mol. The van der Waals surface area contributed by atoms with Crippen molar-refractivity contribution in [2.75, 3.05) is 0 Å². The van der Waals surface area contributed by atoms with Crippen LogP contribution in [0.3, 0.4) is 0 Å². The van der Waals surface area contributed by atoms with E-state index in [4.69, 9.17) is 11.6 Å². The van der Waals surface area contributed by atoms with Crippen LogP contribution in [0, 0.1) is 5.92 Å². The SMILES string of the molecule is O=C(NC1c2ccccc2C2CCC1C2)C(F)Cl. The zero-order valence-corrected chi connectivity index (χ0v) is 10.7. The highest BCUT2D eigenvalue weighted by Gasteiger charge is 2.40. The number of carbonyl (C=O) groups is 1. The number of halogens is 2. The van der Waals surface area contributed by atoms with Gasteiger partial charge in [0.25, 0.3) is 11.5 Å². The second-order valence-electron chi connectivity index (χ2n) is 5.19. The lowest BCUT2D eigenvalue weighted by atomic mass is 9.79. The fourth-order valence-corrected chi connectivity index (χ4v) is 3.50. The molecule has 1 N–H and O–H groups in total. The zero-order chi connectivity index (χ0) is 12.7. The van der Waals surface area contributed by atoms with E-state index in [0.29, 0.717) is 11.8 Å². The third-order valence-corrected chi connectivity index (χ3v) is 4.41. The third kappa shape index (κ3) is 1.91. The largest absolute Gasteiger partial charge is 0.345 e. The lowest BCUT2D eigenvalue weighted by Crippen LogP contribution is -2.37. The van der Waals surface area contributed by atoms with E-state index in [0.717, 1.165) is 24.8 Å². The Bertz CT molecular complexity index is 477. The standard InChI is InChI=1S/C14H15ClFNO/c15-13(16)14(18)17-12-9-6-5-8(7-9)10-3-1-2-4-11(10)12/h1-4,8-9,12-13H,5-7H2,(H,17,18). The fourth-order valence-electron chi connectivity index (χ4n) is 3.43. The summed E-state index contributed by atoms with van der Waals surface area (Å²) in [6, 6.07) is 8.07. The number of alkyl halides is 2. The van der Waals surface area contributed by atoms with Crippen LogP contribution in [0.2, 0.25) is 0 Å². The molecule has 2 aliphatic rings. The Kier molecular flexibility index (Phi) is 3.02. The summed E-state index contributed by atoms with van der Waals surface area (Å²) in [5, 5.41) is 2.76. The molecule has 4 unspecified atom stereocenters. The third-order valence-electron chi connectivity index (χ3n) is 4.21. The molecule has 4 heteroatoms. The van der Waals surface area contributed by atoms with Gasteiger partial charge >= 0.3 is 0 Å². The van der Waals surface area contributed by atoms with Crippen LogP contribution < -0.4 is 5.32 Å². The molecule has 18 heavy (non-hydrogen) atoms. The first-order valence-electron chi connectivity index (χ1n) is 6.34. The van der Waals surface area contributed by atoms with Crippen LogP contribution in [0.4, 0.5) is 4.39 Å². The highest BCUT2D eigenvalue weighted by Crippen LogP contribution is 2.50. The van der Waals surface area contributed by atoms with Crippen LogP contribution in [0.15, 0.2) is 24.3 Å². The second kappa shape index (κ2) is 4.54. The molecule has 1 saturated carbocycles.